The second-order valence-electron chi connectivity index (χ2n) is 4.68. The summed E-state index contributed by atoms with van der Waals surface area (Å²) in [6.07, 6.45) is 3.94. The highest BCUT2D eigenvalue weighted by Gasteiger charge is 2.44. The first kappa shape index (κ1) is 10.4. The standard InChI is InChI=1S/C14H15NO2/c1-8-4-5-9(2)13-11-7-6-10(12(8)13)15(11)14(16)17-3/h4-7,10-11H,1-3H3. The first-order valence-corrected chi connectivity index (χ1v) is 5.79. The lowest BCUT2D eigenvalue weighted by Crippen LogP contribution is -2.28. The van der Waals surface area contributed by atoms with Gasteiger partial charge in [0.05, 0.1) is 19.2 Å². The van der Waals surface area contributed by atoms with E-state index in [0.29, 0.717) is 0 Å². The molecule has 3 rings (SSSR count). The van der Waals surface area contributed by atoms with Crippen LogP contribution in [0.1, 0.15) is 34.3 Å². The Morgan fingerprint density at radius 1 is 1.12 bits per heavy atom. The van der Waals surface area contributed by atoms with Crippen LogP contribution in [0.4, 0.5) is 4.79 Å². The number of carbonyl (C=O) groups excluding carboxylic acids is 1. The normalized spacial score (nSPS) is 24.1. The zero-order valence-corrected chi connectivity index (χ0v) is 10.2. The van der Waals surface area contributed by atoms with Crippen LogP contribution in [0.25, 0.3) is 0 Å². The average molecular weight is 229 g/mol. The monoisotopic (exact) mass is 229 g/mol. The van der Waals surface area contributed by atoms with E-state index in [2.05, 4.69) is 38.1 Å². The molecule has 88 valence electrons. The second-order valence-corrected chi connectivity index (χ2v) is 4.68. The van der Waals surface area contributed by atoms with Gasteiger partial charge in [-0.2, -0.15) is 0 Å². The van der Waals surface area contributed by atoms with Gasteiger partial charge in [-0.3, -0.25) is 4.90 Å². The molecule has 2 atom stereocenters. The van der Waals surface area contributed by atoms with Crippen LogP contribution in [0.3, 0.4) is 0 Å². The topological polar surface area (TPSA) is 29.5 Å². The molecule has 1 aromatic carbocycles. The molecule has 0 radical (unpaired) electrons. The molecule has 17 heavy (non-hydrogen) atoms. The van der Waals surface area contributed by atoms with Gasteiger partial charge in [0, 0.05) is 0 Å². The third-order valence-corrected chi connectivity index (χ3v) is 3.78. The average Bonchev–Trinajstić information content (AvgIpc) is 2.89. The van der Waals surface area contributed by atoms with Gasteiger partial charge >= 0.3 is 6.09 Å². The molecular weight excluding hydrogens is 214 g/mol. The van der Waals surface area contributed by atoms with Crippen molar-refractivity contribution < 1.29 is 9.53 Å². The molecule has 2 bridgehead atoms. The van der Waals surface area contributed by atoms with E-state index in [1.165, 1.54) is 29.4 Å². The Labute approximate surface area is 101 Å². The third-order valence-electron chi connectivity index (χ3n) is 3.78. The Kier molecular flexibility index (Phi) is 2.05. The van der Waals surface area contributed by atoms with Crippen LogP contribution in [-0.4, -0.2) is 18.1 Å². The molecule has 2 aliphatic heterocycles. The van der Waals surface area contributed by atoms with Crippen molar-refractivity contribution in [1.82, 2.24) is 4.90 Å². The van der Waals surface area contributed by atoms with Crippen molar-refractivity contribution in [3.8, 4) is 0 Å². The maximum atomic E-state index is 11.8. The minimum atomic E-state index is -0.250. The number of rotatable bonds is 0. The number of ether oxygens (including phenoxy) is 1. The Bertz CT molecular complexity index is 494. The number of hydrogen-bond donors (Lipinski definition) is 0. The van der Waals surface area contributed by atoms with Crippen molar-refractivity contribution in [3.63, 3.8) is 0 Å². The van der Waals surface area contributed by atoms with Crippen LogP contribution >= 0.6 is 0 Å². The van der Waals surface area contributed by atoms with Gasteiger partial charge in [0.2, 0.25) is 0 Å². The number of benzene rings is 1. The number of fused-ring (bicyclic) bond motifs is 5. The number of nitrogens with zero attached hydrogens (tertiary/aromatic N) is 1. The maximum absolute atomic E-state index is 11.8. The number of hydrogen-bond acceptors (Lipinski definition) is 2. The van der Waals surface area contributed by atoms with E-state index in [0.717, 1.165) is 0 Å². The van der Waals surface area contributed by atoms with Crippen LogP contribution in [0.15, 0.2) is 24.3 Å². The van der Waals surface area contributed by atoms with Gasteiger partial charge < -0.3 is 4.74 Å². The van der Waals surface area contributed by atoms with Crippen molar-refractivity contribution in [2.75, 3.05) is 7.11 Å². The Hall–Kier alpha value is -1.77. The van der Waals surface area contributed by atoms with E-state index in [1.807, 2.05) is 4.90 Å². The summed E-state index contributed by atoms with van der Waals surface area (Å²) in [6, 6.07) is 4.36. The summed E-state index contributed by atoms with van der Waals surface area (Å²) in [5.74, 6) is 0. The Balaban J connectivity index is 2.16. The van der Waals surface area contributed by atoms with Crippen LogP contribution in [0.2, 0.25) is 0 Å². The fourth-order valence-electron chi connectivity index (χ4n) is 3.01. The van der Waals surface area contributed by atoms with Crippen molar-refractivity contribution in [2.45, 2.75) is 25.9 Å². The quantitative estimate of drug-likeness (QED) is 0.640. The maximum Gasteiger partial charge on any atom is 0.411 e. The Morgan fingerprint density at radius 2 is 1.59 bits per heavy atom. The number of methoxy groups -OCH3 is 1. The predicted molar refractivity (Wildman–Crippen MR) is 64.8 cm³/mol. The number of carbonyl (C=O) groups is 1. The largest absolute Gasteiger partial charge is 0.453 e. The molecule has 1 aromatic rings. The molecule has 0 N–H and O–H groups in total. The smallest absolute Gasteiger partial charge is 0.411 e. The van der Waals surface area contributed by atoms with Crippen LogP contribution < -0.4 is 0 Å². The van der Waals surface area contributed by atoms with E-state index < -0.39 is 0 Å². The lowest BCUT2D eigenvalue weighted by molar-refractivity contribution is 0.114. The molecule has 0 fully saturated rings. The highest BCUT2D eigenvalue weighted by Crippen LogP contribution is 2.51. The van der Waals surface area contributed by atoms with Crippen molar-refractivity contribution in [1.29, 1.82) is 0 Å². The molecule has 2 heterocycles. The van der Waals surface area contributed by atoms with Crippen molar-refractivity contribution in [2.24, 2.45) is 0 Å². The van der Waals surface area contributed by atoms with E-state index >= 15 is 0 Å². The van der Waals surface area contributed by atoms with Crippen molar-refractivity contribution in [3.05, 3.63) is 46.5 Å². The fourth-order valence-corrected chi connectivity index (χ4v) is 3.01. The van der Waals surface area contributed by atoms with E-state index in [1.54, 1.807) is 0 Å². The summed E-state index contributed by atoms with van der Waals surface area (Å²) in [7, 11) is 1.43. The molecule has 1 amide bonds. The van der Waals surface area contributed by atoms with E-state index in [9.17, 15) is 4.79 Å². The number of aryl methyl sites for hydroxylation is 2. The predicted octanol–water partition coefficient (Wildman–Crippen LogP) is 3.04. The van der Waals surface area contributed by atoms with Crippen LogP contribution in [-0.2, 0) is 4.74 Å². The molecule has 0 spiro atoms. The second kappa shape index (κ2) is 3.36. The summed E-state index contributed by atoms with van der Waals surface area (Å²) in [4.78, 5) is 13.6. The van der Waals surface area contributed by atoms with Crippen LogP contribution in [0.5, 0.6) is 0 Å². The van der Waals surface area contributed by atoms with Gasteiger partial charge in [-0.15, -0.1) is 0 Å². The SMILES string of the molecule is COC(=O)N1C2C=CC1c1c(C)ccc(C)c12. The van der Waals surface area contributed by atoms with Gasteiger partial charge in [0.25, 0.3) is 0 Å². The van der Waals surface area contributed by atoms with E-state index in [4.69, 9.17) is 4.74 Å². The van der Waals surface area contributed by atoms with E-state index in [-0.39, 0.29) is 18.2 Å². The highest BCUT2D eigenvalue weighted by atomic mass is 16.5. The molecular formula is C14H15NO2. The van der Waals surface area contributed by atoms with Gasteiger partial charge in [0.15, 0.2) is 0 Å². The third kappa shape index (κ3) is 1.19. The number of amides is 1. The molecule has 0 aliphatic carbocycles. The Morgan fingerprint density at radius 3 is 2.00 bits per heavy atom. The summed E-state index contributed by atoms with van der Waals surface area (Å²) >= 11 is 0. The molecule has 0 saturated heterocycles. The molecule has 3 heteroatoms. The summed E-state index contributed by atoms with van der Waals surface area (Å²) < 4.78 is 4.87. The lowest BCUT2D eigenvalue weighted by Gasteiger charge is -2.20. The molecule has 2 aliphatic rings. The molecule has 0 saturated carbocycles. The highest BCUT2D eigenvalue weighted by molar-refractivity contribution is 5.74. The zero-order valence-electron chi connectivity index (χ0n) is 10.2. The van der Waals surface area contributed by atoms with Crippen LogP contribution in [0, 0.1) is 13.8 Å². The minimum absolute atomic E-state index is 0.0577. The molecule has 0 aromatic heterocycles. The first-order chi connectivity index (χ1) is 8.15. The molecule has 3 nitrogen and oxygen atoms in total. The van der Waals surface area contributed by atoms with Gasteiger partial charge in [-0.1, -0.05) is 24.3 Å². The van der Waals surface area contributed by atoms with Gasteiger partial charge in [-0.25, -0.2) is 4.79 Å². The minimum Gasteiger partial charge on any atom is -0.453 e. The first-order valence-electron chi connectivity index (χ1n) is 5.79. The zero-order chi connectivity index (χ0) is 12.2. The summed E-state index contributed by atoms with van der Waals surface area (Å²) in [5.41, 5.74) is 5.05. The van der Waals surface area contributed by atoms with Crippen molar-refractivity contribution >= 4 is 6.09 Å². The molecule has 2 unspecified atom stereocenters. The summed E-state index contributed by atoms with van der Waals surface area (Å²) in [6.45, 7) is 4.20. The lowest BCUT2D eigenvalue weighted by atomic mass is 9.90. The summed E-state index contributed by atoms with van der Waals surface area (Å²) in [5, 5.41) is 0. The van der Waals surface area contributed by atoms with Gasteiger partial charge in [0.1, 0.15) is 0 Å². The van der Waals surface area contributed by atoms with Gasteiger partial charge in [-0.05, 0) is 36.1 Å². The fraction of sp³-hybridized carbons (Fsp3) is 0.357.